The summed E-state index contributed by atoms with van der Waals surface area (Å²) in [6.45, 7) is 12.1. The van der Waals surface area contributed by atoms with E-state index < -0.39 is 0 Å². The highest BCUT2D eigenvalue weighted by atomic mass is 15.0. The summed E-state index contributed by atoms with van der Waals surface area (Å²) in [5, 5.41) is 9.91. The van der Waals surface area contributed by atoms with Crippen molar-refractivity contribution in [3.63, 3.8) is 0 Å². The second kappa shape index (κ2) is 8.65. The summed E-state index contributed by atoms with van der Waals surface area (Å²) in [7, 11) is 0. The van der Waals surface area contributed by atoms with E-state index >= 15 is 0 Å². The lowest BCUT2D eigenvalue weighted by molar-refractivity contribution is 0.639. The Morgan fingerprint density at radius 1 is 0.604 bits per heavy atom. The molecule has 0 aliphatic heterocycles. The van der Waals surface area contributed by atoms with E-state index in [-0.39, 0.29) is 10.8 Å². The molecular formula is C47H37N. The molecule has 0 bridgehead atoms. The van der Waals surface area contributed by atoms with E-state index in [2.05, 4.69) is 154 Å². The third-order valence-corrected chi connectivity index (χ3v) is 12.4. The van der Waals surface area contributed by atoms with Crippen LogP contribution in [0.5, 0.6) is 0 Å². The quantitative estimate of drug-likeness (QED) is 0.162. The lowest BCUT2D eigenvalue weighted by Crippen LogP contribution is -2.26. The van der Waals surface area contributed by atoms with Gasteiger partial charge >= 0.3 is 0 Å². The lowest BCUT2D eigenvalue weighted by Gasteiger charge is -2.39. The molecule has 11 rings (SSSR count). The molecule has 1 heteroatoms. The first-order valence-electron chi connectivity index (χ1n) is 17.6. The van der Waals surface area contributed by atoms with Gasteiger partial charge in [-0.25, -0.2) is 0 Å². The van der Waals surface area contributed by atoms with E-state index in [9.17, 15) is 0 Å². The first kappa shape index (κ1) is 26.9. The van der Waals surface area contributed by atoms with E-state index in [4.69, 9.17) is 0 Å². The Labute approximate surface area is 281 Å². The van der Waals surface area contributed by atoms with E-state index in [0.29, 0.717) is 5.92 Å². The van der Waals surface area contributed by atoms with Crippen molar-refractivity contribution in [3.8, 4) is 27.9 Å². The molecule has 48 heavy (non-hydrogen) atoms. The molecule has 7 aromatic carbocycles. The zero-order valence-electron chi connectivity index (χ0n) is 28.2. The fourth-order valence-corrected chi connectivity index (χ4v) is 10.3. The maximum Gasteiger partial charge on any atom is 0.0550 e. The number of para-hydroxylation sites is 1. The minimum atomic E-state index is -0.145. The zero-order chi connectivity index (χ0) is 32.3. The lowest BCUT2D eigenvalue weighted by atomic mass is 9.64. The summed E-state index contributed by atoms with van der Waals surface area (Å²) < 4.78 is 2.52. The van der Waals surface area contributed by atoms with Crippen LogP contribution >= 0.6 is 0 Å². The Kier molecular flexibility index (Phi) is 4.85. The average molecular weight is 616 g/mol. The van der Waals surface area contributed by atoms with Crippen LogP contribution < -0.4 is 0 Å². The number of aromatic nitrogens is 1. The molecule has 1 aromatic heterocycles. The van der Waals surface area contributed by atoms with Gasteiger partial charge in [0.15, 0.2) is 0 Å². The number of fused-ring (bicyclic) bond motifs is 11. The standard InChI is InChI=1S/C47H37N/c1-26-19-22-37-33(23-26)40-31-20-21-32-41-29-15-9-12-18-35(29)47(4,5)45(41)43-30-16-10-11-17-34(30)46(2,3)36-24-27(39(31)42(32)44(36)43)25-38(40)48(37)28-13-7-6-8-14-28/h6-22,24-26H,23H2,1-5H3. The SMILES string of the molecule is CC1C=Cc2c(c3c4ccc5c6c(c7c8c(cc(cc3n2-c2ccccc2)c4c58)C(C)(C)c2ccccc2-7)C(C)(C)c2ccccc2-6)C1. The molecule has 0 fully saturated rings. The van der Waals surface area contributed by atoms with Crippen molar-refractivity contribution >= 4 is 49.3 Å². The molecule has 1 heterocycles. The molecule has 8 aromatic rings. The molecule has 230 valence electrons. The van der Waals surface area contributed by atoms with E-state index in [1.165, 1.54) is 105 Å². The Morgan fingerprint density at radius 3 is 2.04 bits per heavy atom. The summed E-state index contributed by atoms with van der Waals surface area (Å²) in [5.74, 6) is 0.508. The van der Waals surface area contributed by atoms with E-state index in [1.54, 1.807) is 0 Å². The molecular weight excluding hydrogens is 579 g/mol. The molecule has 0 saturated heterocycles. The van der Waals surface area contributed by atoms with Crippen LogP contribution in [0, 0.1) is 5.92 Å². The number of allylic oxidation sites excluding steroid dienone is 1. The smallest absolute Gasteiger partial charge is 0.0550 e. The van der Waals surface area contributed by atoms with Crippen LogP contribution in [0.3, 0.4) is 0 Å². The monoisotopic (exact) mass is 615 g/mol. The number of hydrogen-bond donors (Lipinski definition) is 0. The van der Waals surface area contributed by atoms with Gasteiger partial charge in [-0.3, -0.25) is 0 Å². The fraction of sp³-hybridized carbons (Fsp3) is 0.191. The van der Waals surface area contributed by atoms with Crippen LogP contribution in [0.25, 0.3) is 77.2 Å². The van der Waals surface area contributed by atoms with Gasteiger partial charge in [-0.1, -0.05) is 120 Å². The number of nitrogens with zero attached hydrogens (tertiary/aromatic N) is 1. The molecule has 1 atom stereocenters. The number of hydrogen-bond acceptors (Lipinski definition) is 0. The molecule has 0 amide bonds. The molecule has 3 aliphatic carbocycles. The van der Waals surface area contributed by atoms with Crippen LogP contribution in [-0.2, 0) is 17.3 Å². The van der Waals surface area contributed by atoms with Crippen LogP contribution in [0.1, 0.15) is 68.1 Å². The highest BCUT2D eigenvalue weighted by Gasteiger charge is 2.44. The highest BCUT2D eigenvalue weighted by molar-refractivity contribution is 6.35. The van der Waals surface area contributed by atoms with Gasteiger partial charge < -0.3 is 4.57 Å². The van der Waals surface area contributed by atoms with Gasteiger partial charge in [-0.2, -0.15) is 0 Å². The number of rotatable bonds is 1. The van der Waals surface area contributed by atoms with Crippen LogP contribution in [0.15, 0.2) is 109 Å². The van der Waals surface area contributed by atoms with Gasteiger partial charge in [0, 0.05) is 27.6 Å². The van der Waals surface area contributed by atoms with Crippen molar-refractivity contribution in [1.82, 2.24) is 4.57 Å². The van der Waals surface area contributed by atoms with Crippen molar-refractivity contribution in [1.29, 1.82) is 0 Å². The van der Waals surface area contributed by atoms with E-state index in [0.717, 1.165) is 6.42 Å². The zero-order valence-corrected chi connectivity index (χ0v) is 28.2. The minimum absolute atomic E-state index is 0.112. The van der Waals surface area contributed by atoms with Gasteiger partial charge in [0.05, 0.1) is 5.52 Å². The van der Waals surface area contributed by atoms with Gasteiger partial charge in [0.1, 0.15) is 0 Å². The second-order valence-electron chi connectivity index (χ2n) is 15.7. The maximum atomic E-state index is 2.57. The average Bonchev–Trinajstić information content (AvgIpc) is 3.54. The summed E-state index contributed by atoms with van der Waals surface area (Å²) in [5.41, 5.74) is 16.6. The Morgan fingerprint density at radius 2 is 1.27 bits per heavy atom. The molecule has 0 spiro atoms. The van der Waals surface area contributed by atoms with Crippen LogP contribution in [0.4, 0.5) is 0 Å². The van der Waals surface area contributed by atoms with E-state index in [1.807, 2.05) is 0 Å². The van der Waals surface area contributed by atoms with Crippen molar-refractivity contribution in [2.75, 3.05) is 0 Å². The molecule has 1 unspecified atom stereocenters. The van der Waals surface area contributed by atoms with Crippen molar-refractivity contribution in [2.24, 2.45) is 5.92 Å². The van der Waals surface area contributed by atoms with Gasteiger partial charge in [0.2, 0.25) is 0 Å². The highest BCUT2D eigenvalue weighted by Crippen LogP contribution is 2.62. The Balaban J connectivity index is 1.42. The van der Waals surface area contributed by atoms with Gasteiger partial charge in [-0.15, -0.1) is 0 Å². The van der Waals surface area contributed by atoms with Gasteiger partial charge in [0.25, 0.3) is 0 Å². The molecule has 0 saturated carbocycles. The van der Waals surface area contributed by atoms with Crippen LogP contribution in [-0.4, -0.2) is 4.57 Å². The van der Waals surface area contributed by atoms with Crippen molar-refractivity contribution in [2.45, 2.75) is 51.9 Å². The number of benzene rings is 7. The van der Waals surface area contributed by atoms with Crippen LogP contribution in [0.2, 0.25) is 0 Å². The summed E-state index contributed by atoms with van der Waals surface area (Å²) >= 11 is 0. The van der Waals surface area contributed by atoms with Gasteiger partial charge in [-0.05, 0) is 125 Å². The summed E-state index contributed by atoms with van der Waals surface area (Å²) in [6.07, 6.45) is 5.83. The molecule has 0 radical (unpaired) electrons. The third-order valence-electron chi connectivity index (χ3n) is 12.4. The maximum absolute atomic E-state index is 2.57. The predicted molar refractivity (Wildman–Crippen MR) is 204 cm³/mol. The molecule has 0 N–H and O–H groups in total. The predicted octanol–water partition coefficient (Wildman–Crippen LogP) is 12.3. The minimum Gasteiger partial charge on any atom is -0.310 e. The first-order chi connectivity index (χ1) is 23.3. The second-order valence-corrected chi connectivity index (χ2v) is 15.7. The fourth-order valence-electron chi connectivity index (χ4n) is 10.3. The molecule has 1 nitrogen and oxygen atoms in total. The largest absolute Gasteiger partial charge is 0.310 e. The molecule has 3 aliphatic rings. The summed E-state index contributed by atoms with van der Waals surface area (Å²) in [4.78, 5) is 0. The Bertz CT molecular complexity index is 2750. The third kappa shape index (κ3) is 3.01. The Hall–Kier alpha value is -5.14. The van der Waals surface area contributed by atoms with Crippen molar-refractivity contribution < 1.29 is 0 Å². The topological polar surface area (TPSA) is 4.93 Å². The van der Waals surface area contributed by atoms with Crippen molar-refractivity contribution in [3.05, 3.63) is 143 Å². The first-order valence-corrected chi connectivity index (χ1v) is 17.6. The summed E-state index contributed by atoms with van der Waals surface area (Å²) in [6, 6.07) is 39.5. The normalized spacial score (nSPS) is 18.1.